The summed E-state index contributed by atoms with van der Waals surface area (Å²) in [6.45, 7) is 0.660. The summed E-state index contributed by atoms with van der Waals surface area (Å²) in [5.41, 5.74) is 0. The molecule has 2 amide bonds. The first-order chi connectivity index (χ1) is 7.74. The summed E-state index contributed by atoms with van der Waals surface area (Å²) in [7, 11) is 1.51. The van der Waals surface area contributed by atoms with Gasteiger partial charge < -0.3 is 15.4 Å². The summed E-state index contributed by atoms with van der Waals surface area (Å²) in [4.78, 5) is 26.4. The number of pyridine rings is 1. The maximum Gasteiger partial charge on any atom is 0.314 e. The fourth-order valence-corrected chi connectivity index (χ4v) is 0.957. The number of carbonyl (C=O) groups excluding carboxylic acids is 2. The van der Waals surface area contributed by atoms with E-state index in [2.05, 4.69) is 15.6 Å². The summed E-state index contributed by atoms with van der Waals surface area (Å²) in [6.07, 6.45) is 1.53. The Balaban J connectivity index is 2.38. The molecule has 0 saturated carbocycles. The summed E-state index contributed by atoms with van der Waals surface area (Å²) >= 11 is 0. The Bertz CT molecular complexity index is 354. The lowest BCUT2D eigenvalue weighted by Crippen LogP contribution is -2.37. The molecule has 0 saturated heterocycles. The molecule has 0 aliphatic rings. The molecule has 0 spiro atoms. The highest BCUT2D eigenvalue weighted by Crippen LogP contribution is 1.98. The molecule has 1 rings (SSSR count). The van der Waals surface area contributed by atoms with Crippen molar-refractivity contribution in [1.82, 2.24) is 10.3 Å². The highest BCUT2D eigenvalue weighted by Gasteiger charge is 2.12. The molecule has 0 atom stereocenters. The Morgan fingerprint density at radius 2 is 2.19 bits per heavy atom. The lowest BCUT2D eigenvalue weighted by atomic mass is 10.4. The minimum Gasteiger partial charge on any atom is -0.383 e. The van der Waals surface area contributed by atoms with Gasteiger partial charge in [0.15, 0.2) is 0 Å². The van der Waals surface area contributed by atoms with E-state index in [4.69, 9.17) is 4.74 Å². The molecule has 86 valence electrons. The van der Waals surface area contributed by atoms with Crippen LogP contribution in [0.2, 0.25) is 0 Å². The molecule has 0 fully saturated rings. The largest absolute Gasteiger partial charge is 0.383 e. The third kappa shape index (κ3) is 4.05. The van der Waals surface area contributed by atoms with Crippen molar-refractivity contribution in [1.29, 1.82) is 0 Å². The van der Waals surface area contributed by atoms with E-state index >= 15 is 0 Å². The quantitative estimate of drug-likeness (QED) is 0.546. The van der Waals surface area contributed by atoms with Gasteiger partial charge in [0.25, 0.3) is 0 Å². The van der Waals surface area contributed by atoms with Crippen LogP contribution in [0.15, 0.2) is 24.4 Å². The maximum absolute atomic E-state index is 11.3. The topological polar surface area (TPSA) is 80.3 Å². The Morgan fingerprint density at radius 1 is 1.38 bits per heavy atom. The van der Waals surface area contributed by atoms with Gasteiger partial charge in [-0.1, -0.05) is 6.07 Å². The molecule has 0 unspecified atom stereocenters. The highest BCUT2D eigenvalue weighted by molar-refractivity contribution is 6.39. The van der Waals surface area contributed by atoms with E-state index < -0.39 is 11.8 Å². The minimum atomic E-state index is -0.741. The van der Waals surface area contributed by atoms with E-state index in [1.807, 2.05) is 0 Å². The number of amides is 2. The van der Waals surface area contributed by atoms with Gasteiger partial charge in [-0.25, -0.2) is 4.98 Å². The second kappa shape index (κ2) is 6.52. The zero-order valence-electron chi connectivity index (χ0n) is 8.90. The molecule has 0 aromatic carbocycles. The lowest BCUT2D eigenvalue weighted by Gasteiger charge is -2.04. The van der Waals surface area contributed by atoms with Crippen LogP contribution in [0.25, 0.3) is 0 Å². The van der Waals surface area contributed by atoms with E-state index in [0.717, 1.165) is 0 Å². The van der Waals surface area contributed by atoms with Gasteiger partial charge >= 0.3 is 11.8 Å². The zero-order valence-corrected chi connectivity index (χ0v) is 8.90. The van der Waals surface area contributed by atoms with Gasteiger partial charge in [-0.3, -0.25) is 9.59 Å². The average Bonchev–Trinajstić information content (AvgIpc) is 2.30. The van der Waals surface area contributed by atoms with Crippen LogP contribution >= 0.6 is 0 Å². The van der Waals surface area contributed by atoms with Crippen LogP contribution in [0.1, 0.15) is 0 Å². The van der Waals surface area contributed by atoms with Gasteiger partial charge in [-0.2, -0.15) is 0 Å². The van der Waals surface area contributed by atoms with Crippen molar-refractivity contribution < 1.29 is 14.3 Å². The van der Waals surface area contributed by atoms with E-state index in [9.17, 15) is 9.59 Å². The summed E-state index contributed by atoms with van der Waals surface area (Å²) < 4.78 is 4.73. The summed E-state index contributed by atoms with van der Waals surface area (Å²) in [5, 5.41) is 4.77. The molecule has 16 heavy (non-hydrogen) atoms. The van der Waals surface area contributed by atoms with Crippen LogP contribution in [0.5, 0.6) is 0 Å². The third-order valence-electron chi connectivity index (χ3n) is 1.70. The first-order valence-electron chi connectivity index (χ1n) is 4.73. The molecule has 0 aliphatic carbocycles. The summed E-state index contributed by atoms with van der Waals surface area (Å²) in [6, 6.07) is 5.03. The number of carbonyl (C=O) groups is 2. The minimum absolute atomic E-state index is 0.297. The number of aromatic nitrogens is 1. The molecule has 0 aliphatic heterocycles. The van der Waals surface area contributed by atoms with E-state index in [0.29, 0.717) is 19.0 Å². The fraction of sp³-hybridized carbons (Fsp3) is 0.300. The number of hydrogen-bond acceptors (Lipinski definition) is 4. The highest BCUT2D eigenvalue weighted by atomic mass is 16.5. The zero-order chi connectivity index (χ0) is 11.8. The van der Waals surface area contributed by atoms with Crippen LogP contribution < -0.4 is 10.6 Å². The molecule has 6 nitrogen and oxygen atoms in total. The molecule has 2 N–H and O–H groups in total. The number of rotatable bonds is 4. The van der Waals surface area contributed by atoms with Crippen LogP contribution in [0.4, 0.5) is 5.82 Å². The van der Waals surface area contributed by atoms with Gasteiger partial charge in [0.1, 0.15) is 5.82 Å². The molecule has 1 aromatic rings. The number of hydrogen-bond donors (Lipinski definition) is 2. The second-order valence-corrected chi connectivity index (χ2v) is 2.92. The standard InChI is InChI=1S/C10H13N3O3/c1-16-7-6-12-9(14)10(15)13-8-4-2-3-5-11-8/h2-5H,6-7H2,1H3,(H,12,14)(H,11,13,15). The fourth-order valence-electron chi connectivity index (χ4n) is 0.957. The van der Waals surface area contributed by atoms with Gasteiger partial charge in [0.05, 0.1) is 6.61 Å². The van der Waals surface area contributed by atoms with Gasteiger partial charge in [-0.05, 0) is 12.1 Å². The van der Waals surface area contributed by atoms with Crippen LogP contribution in [0.3, 0.4) is 0 Å². The third-order valence-corrected chi connectivity index (χ3v) is 1.70. The monoisotopic (exact) mass is 223 g/mol. The Morgan fingerprint density at radius 3 is 2.81 bits per heavy atom. The van der Waals surface area contributed by atoms with Crippen molar-refractivity contribution in [3.63, 3.8) is 0 Å². The van der Waals surface area contributed by atoms with Crippen molar-refractivity contribution in [2.45, 2.75) is 0 Å². The number of nitrogens with one attached hydrogen (secondary N) is 2. The predicted molar refractivity (Wildman–Crippen MR) is 57.8 cm³/mol. The molecule has 1 aromatic heterocycles. The molecule has 0 bridgehead atoms. The van der Waals surface area contributed by atoms with Crippen molar-refractivity contribution in [3.8, 4) is 0 Å². The van der Waals surface area contributed by atoms with Gasteiger partial charge in [0.2, 0.25) is 0 Å². The number of ether oxygens (including phenoxy) is 1. The molecule has 6 heteroatoms. The first-order valence-corrected chi connectivity index (χ1v) is 4.73. The average molecular weight is 223 g/mol. The molecule has 1 heterocycles. The molecular formula is C10H13N3O3. The van der Waals surface area contributed by atoms with Crippen molar-refractivity contribution in [2.24, 2.45) is 0 Å². The van der Waals surface area contributed by atoms with Crippen molar-refractivity contribution >= 4 is 17.6 Å². The Labute approximate surface area is 93.0 Å². The van der Waals surface area contributed by atoms with E-state index in [1.165, 1.54) is 13.3 Å². The molecular weight excluding hydrogens is 210 g/mol. The first kappa shape index (κ1) is 12.1. The van der Waals surface area contributed by atoms with Crippen molar-refractivity contribution in [2.75, 3.05) is 25.6 Å². The number of anilines is 1. The van der Waals surface area contributed by atoms with Gasteiger partial charge in [-0.15, -0.1) is 0 Å². The van der Waals surface area contributed by atoms with E-state index in [-0.39, 0.29) is 0 Å². The smallest absolute Gasteiger partial charge is 0.314 e. The van der Waals surface area contributed by atoms with Gasteiger partial charge in [0, 0.05) is 19.9 Å². The van der Waals surface area contributed by atoms with Crippen molar-refractivity contribution in [3.05, 3.63) is 24.4 Å². The maximum atomic E-state index is 11.3. The van der Waals surface area contributed by atoms with Crippen LogP contribution in [-0.4, -0.2) is 37.1 Å². The number of methoxy groups -OCH3 is 1. The van der Waals surface area contributed by atoms with Crippen LogP contribution in [0, 0.1) is 0 Å². The predicted octanol–water partition coefficient (Wildman–Crippen LogP) is -0.217. The normalized spacial score (nSPS) is 9.56. The lowest BCUT2D eigenvalue weighted by molar-refractivity contribution is -0.136. The Kier molecular flexibility index (Phi) is 4.94. The second-order valence-electron chi connectivity index (χ2n) is 2.92. The SMILES string of the molecule is COCCNC(=O)C(=O)Nc1ccccn1. The Hall–Kier alpha value is -1.95. The summed E-state index contributed by atoms with van der Waals surface area (Å²) in [5.74, 6) is -1.10. The number of nitrogens with zero attached hydrogens (tertiary/aromatic N) is 1. The molecule has 0 radical (unpaired) electrons. The van der Waals surface area contributed by atoms with E-state index in [1.54, 1.807) is 18.2 Å². The van der Waals surface area contributed by atoms with Crippen LogP contribution in [-0.2, 0) is 14.3 Å².